The lowest BCUT2D eigenvalue weighted by Crippen LogP contribution is -1.85. The van der Waals surface area contributed by atoms with Crippen LogP contribution in [0.5, 0.6) is 0 Å². The molecule has 0 atom stereocenters. The summed E-state index contributed by atoms with van der Waals surface area (Å²) < 4.78 is 1.78. The van der Waals surface area contributed by atoms with Crippen molar-refractivity contribution in [2.45, 2.75) is 6.92 Å². The van der Waals surface area contributed by atoms with Gasteiger partial charge in [0.05, 0.1) is 11.9 Å². The largest absolute Gasteiger partial charge is 0.275 e. The van der Waals surface area contributed by atoms with Crippen molar-refractivity contribution >= 4 is 0 Å². The number of aromatic nitrogens is 3. The average Bonchev–Trinajstić information content (AvgIpc) is 2.52. The van der Waals surface area contributed by atoms with Gasteiger partial charge in [0, 0.05) is 24.5 Å². The van der Waals surface area contributed by atoms with Crippen molar-refractivity contribution in [3.8, 4) is 11.3 Å². The minimum Gasteiger partial charge on any atom is -0.275 e. The molecule has 0 amide bonds. The second-order valence-corrected chi connectivity index (χ2v) is 3.07. The van der Waals surface area contributed by atoms with Crippen LogP contribution in [0, 0.1) is 6.92 Å². The van der Waals surface area contributed by atoms with Crippen LogP contribution in [0.3, 0.4) is 0 Å². The molecule has 2 heterocycles. The summed E-state index contributed by atoms with van der Waals surface area (Å²) >= 11 is 0. The number of nitrogens with zero attached hydrogens (tertiary/aromatic N) is 3. The quantitative estimate of drug-likeness (QED) is 0.658. The standard InChI is InChI=1S/C10H11N3/c1-8-4-3-5-10(12-8)9-6-11-13(2)7-9/h3-7H,1-2H3. The molecule has 0 radical (unpaired) electrons. The fourth-order valence-corrected chi connectivity index (χ4v) is 1.26. The van der Waals surface area contributed by atoms with E-state index in [9.17, 15) is 0 Å². The molecule has 13 heavy (non-hydrogen) atoms. The third-order valence-corrected chi connectivity index (χ3v) is 1.89. The molecule has 0 aromatic carbocycles. The second-order valence-electron chi connectivity index (χ2n) is 3.07. The summed E-state index contributed by atoms with van der Waals surface area (Å²) in [6, 6.07) is 5.98. The maximum Gasteiger partial charge on any atom is 0.0736 e. The van der Waals surface area contributed by atoms with Crippen LogP contribution in [0.15, 0.2) is 30.6 Å². The molecule has 0 aliphatic heterocycles. The summed E-state index contributed by atoms with van der Waals surface area (Å²) in [6.07, 6.45) is 3.78. The van der Waals surface area contributed by atoms with Crippen LogP contribution in [0.2, 0.25) is 0 Å². The van der Waals surface area contributed by atoms with Crippen LogP contribution >= 0.6 is 0 Å². The van der Waals surface area contributed by atoms with Gasteiger partial charge >= 0.3 is 0 Å². The third-order valence-electron chi connectivity index (χ3n) is 1.89. The number of rotatable bonds is 1. The molecular formula is C10H11N3. The maximum absolute atomic E-state index is 4.40. The lowest BCUT2D eigenvalue weighted by Gasteiger charge is -1.96. The SMILES string of the molecule is Cc1cccc(-c2cnn(C)c2)n1. The van der Waals surface area contributed by atoms with E-state index in [-0.39, 0.29) is 0 Å². The summed E-state index contributed by atoms with van der Waals surface area (Å²) in [7, 11) is 1.90. The molecule has 3 heteroatoms. The Morgan fingerprint density at radius 1 is 1.31 bits per heavy atom. The molecule has 3 nitrogen and oxygen atoms in total. The van der Waals surface area contributed by atoms with Crippen molar-refractivity contribution in [2.75, 3.05) is 0 Å². The molecule has 0 bridgehead atoms. The van der Waals surface area contributed by atoms with E-state index < -0.39 is 0 Å². The van der Waals surface area contributed by atoms with E-state index in [1.807, 2.05) is 44.6 Å². The smallest absolute Gasteiger partial charge is 0.0736 e. The highest BCUT2D eigenvalue weighted by Crippen LogP contribution is 2.15. The first-order valence-corrected chi connectivity index (χ1v) is 4.18. The van der Waals surface area contributed by atoms with Crippen molar-refractivity contribution in [3.63, 3.8) is 0 Å². The summed E-state index contributed by atoms with van der Waals surface area (Å²) in [5.74, 6) is 0. The zero-order valence-electron chi connectivity index (χ0n) is 7.73. The van der Waals surface area contributed by atoms with Crippen LogP contribution in [-0.4, -0.2) is 14.8 Å². The molecule has 2 aromatic rings. The van der Waals surface area contributed by atoms with E-state index >= 15 is 0 Å². The second kappa shape index (κ2) is 3.01. The fourth-order valence-electron chi connectivity index (χ4n) is 1.26. The minimum atomic E-state index is 0.980. The number of pyridine rings is 1. The van der Waals surface area contributed by atoms with E-state index in [0.717, 1.165) is 17.0 Å². The molecule has 0 saturated heterocycles. The Morgan fingerprint density at radius 3 is 2.77 bits per heavy atom. The predicted molar refractivity (Wildman–Crippen MR) is 51.2 cm³/mol. The van der Waals surface area contributed by atoms with Crippen LogP contribution < -0.4 is 0 Å². The van der Waals surface area contributed by atoms with E-state index in [4.69, 9.17) is 0 Å². The summed E-state index contributed by atoms with van der Waals surface area (Å²) in [4.78, 5) is 4.40. The van der Waals surface area contributed by atoms with Gasteiger partial charge in [0.1, 0.15) is 0 Å². The molecule has 0 fully saturated rings. The van der Waals surface area contributed by atoms with E-state index in [1.165, 1.54) is 0 Å². The Balaban J connectivity index is 2.46. The Labute approximate surface area is 77.0 Å². The Morgan fingerprint density at radius 2 is 2.15 bits per heavy atom. The first-order valence-electron chi connectivity index (χ1n) is 4.18. The molecule has 0 N–H and O–H groups in total. The summed E-state index contributed by atoms with van der Waals surface area (Å²) in [5.41, 5.74) is 3.07. The highest BCUT2D eigenvalue weighted by atomic mass is 15.2. The lowest BCUT2D eigenvalue weighted by molar-refractivity contribution is 0.768. The van der Waals surface area contributed by atoms with Crippen LogP contribution in [-0.2, 0) is 7.05 Å². The molecule has 2 aromatic heterocycles. The van der Waals surface area contributed by atoms with Crippen molar-refractivity contribution in [2.24, 2.45) is 7.05 Å². The fraction of sp³-hybridized carbons (Fsp3) is 0.200. The van der Waals surface area contributed by atoms with Crippen LogP contribution in [0.25, 0.3) is 11.3 Å². The molecule has 66 valence electrons. The van der Waals surface area contributed by atoms with Crippen LogP contribution in [0.1, 0.15) is 5.69 Å². The minimum absolute atomic E-state index is 0.980. The van der Waals surface area contributed by atoms with E-state index in [2.05, 4.69) is 10.1 Å². The Bertz CT molecular complexity index is 418. The molecule has 2 rings (SSSR count). The van der Waals surface area contributed by atoms with Crippen molar-refractivity contribution in [1.29, 1.82) is 0 Å². The Hall–Kier alpha value is -1.64. The maximum atomic E-state index is 4.40. The molecule has 0 aliphatic carbocycles. The Kier molecular flexibility index (Phi) is 1.85. The lowest BCUT2D eigenvalue weighted by atomic mass is 10.2. The van der Waals surface area contributed by atoms with Gasteiger partial charge in [0.2, 0.25) is 0 Å². The highest BCUT2D eigenvalue weighted by Gasteiger charge is 2.00. The van der Waals surface area contributed by atoms with E-state index in [0.29, 0.717) is 0 Å². The predicted octanol–water partition coefficient (Wildman–Crippen LogP) is 1.79. The highest BCUT2D eigenvalue weighted by molar-refractivity contribution is 5.56. The molecule has 0 spiro atoms. The number of hydrogen-bond donors (Lipinski definition) is 0. The van der Waals surface area contributed by atoms with Gasteiger partial charge in [-0.25, -0.2) is 0 Å². The van der Waals surface area contributed by atoms with Gasteiger partial charge in [-0.2, -0.15) is 5.10 Å². The number of aryl methyl sites for hydroxylation is 2. The van der Waals surface area contributed by atoms with Gasteiger partial charge in [0.15, 0.2) is 0 Å². The van der Waals surface area contributed by atoms with Gasteiger partial charge in [-0.3, -0.25) is 9.67 Å². The van der Waals surface area contributed by atoms with Gasteiger partial charge < -0.3 is 0 Å². The molecular weight excluding hydrogens is 162 g/mol. The first kappa shape index (κ1) is 7.98. The van der Waals surface area contributed by atoms with Crippen molar-refractivity contribution in [1.82, 2.24) is 14.8 Å². The summed E-state index contributed by atoms with van der Waals surface area (Å²) in [5, 5.41) is 4.10. The van der Waals surface area contributed by atoms with Crippen molar-refractivity contribution in [3.05, 3.63) is 36.3 Å². The zero-order valence-corrected chi connectivity index (χ0v) is 7.73. The van der Waals surface area contributed by atoms with Gasteiger partial charge in [-0.05, 0) is 19.1 Å². The van der Waals surface area contributed by atoms with Gasteiger partial charge in [-0.15, -0.1) is 0 Å². The number of hydrogen-bond acceptors (Lipinski definition) is 2. The summed E-state index contributed by atoms with van der Waals surface area (Å²) in [6.45, 7) is 1.99. The molecule has 0 saturated carbocycles. The zero-order chi connectivity index (χ0) is 9.26. The van der Waals surface area contributed by atoms with Crippen LogP contribution in [0.4, 0.5) is 0 Å². The van der Waals surface area contributed by atoms with Crippen molar-refractivity contribution < 1.29 is 0 Å². The molecule has 0 unspecified atom stereocenters. The van der Waals surface area contributed by atoms with Gasteiger partial charge in [0.25, 0.3) is 0 Å². The monoisotopic (exact) mass is 173 g/mol. The van der Waals surface area contributed by atoms with E-state index in [1.54, 1.807) is 4.68 Å². The topological polar surface area (TPSA) is 30.7 Å². The normalized spacial score (nSPS) is 10.3. The van der Waals surface area contributed by atoms with Gasteiger partial charge in [-0.1, -0.05) is 6.07 Å². The molecule has 0 aliphatic rings. The third kappa shape index (κ3) is 1.59. The average molecular weight is 173 g/mol. The first-order chi connectivity index (χ1) is 6.25.